The molecule has 0 radical (unpaired) electrons. The lowest BCUT2D eigenvalue weighted by Gasteiger charge is -2.08. The van der Waals surface area contributed by atoms with Crippen molar-refractivity contribution in [3.63, 3.8) is 0 Å². The largest absolute Gasteiger partial charge is 0.457 e. The number of H-pyrrole nitrogens is 1. The monoisotopic (exact) mass is 311 g/mol. The molecule has 1 heterocycles. The van der Waals surface area contributed by atoms with Crippen LogP contribution in [0.3, 0.4) is 0 Å². The predicted octanol–water partition coefficient (Wildman–Crippen LogP) is 1.02. The quantitative estimate of drug-likeness (QED) is 0.782. The van der Waals surface area contributed by atoms with Gasteiger partial charge < -0.3 is 4.74 Å². The molecule has 7 heteroatoms. The smallest absolute Gasteiger partial charge is 0.340 e. The van der Waals surface area contributed by atoms with Crippen LogP contribution in [0.5, 0.6) is 11.5 Å². The van der Waals surface area contributed by atoms with Crippen LogP contribution in [0.25, 0.3) is 5.69 Å². The number of nitrogens with one attached hydrogen (secondary N) is 1. The number of benzene rings is 2. The highest BCUT2D eigenvalue weighted by atomic mass is 16.5. The summed E-state index contributed by atoms with van der Waals surface area (Å²) in [7, 11) is 1.30. The lowest BCUT2D eigenvalue weighted by atomic mass is 10.3. The number of rotatable bonds is 3. The predicted molar refractivity (Wildman–Crippen MR) is 84.4 cm³/mol. The number of aromatic amines is 1. The van der Waals surface area contributed by atoms with E-state index >= 15 is 0 Å². The summed E-state index contributed by atoms with van der Waals surface area (Å²) in [5.41, 5.74) is -1.90. The molecular formula is C16H13N3O4. The van der Waals surface area contributed by atoms with Crippen molar-refractivity contribution >= 4 is 0 Å². The van der Waals surface area contributed by atoms with Gasteiger partial charge >= 0.3 is 17.1 Å². The van der Waals surface area contributed by atoms with Crippen LogP contribution in [-0.4, -0.2) is 14.1 Å². The Morgan fingerprint density at radius 2 is 1.43 bits per heavy atom. The van der Waals surface area contributed by atoms with Gasteiger partial charge in [-0.3, -0.25) is 4.98 Å². The molecule has 0 bridgehead atoms. The Balaban J connectivity index is 1.98. The van der Waals surface area contributed by atoms with Gasteiger partial charge in [0.05, 0.1) is 5.69 Å². The zero-order valence-electron chi connectivity index (χ0n) is 12.2. The van der Waals surface area contributed by atoms with Crippen molar-refractivity contribution in [2.24, 2.45) is 7.05 Å². The molecule has 0 aliphatic rings. The maximum atomic E-state index is 12.1. The molecular weight excluding hydrogens is 298 g/mol. The zero-order chi connectivity index (χ0) is 16.4. The minimum Gasteiger partial charge on any atom is -0.457 e. The molecule has 1 N–H and O–H groups in total. The molecule has 0 fully saturated rings. The summed E-state index contributed by atoms with van der Waals surface area (Å²) >= 11 is 0. The first-order chi connectivity index (χ1) is 11.1. The number of hydrogen-bond donors (Lipinski definition) is 1. The summed E-state index contributed by atoms with van der Waals surface area (Å²) in [6.45, 7) is 0. The van der Waals surface area contributed by atoms with E-state index in [1.807, 2.05) is 30.3 Å². The Labute approximate surface area is 130 Å². The second-order valence-electron chi connectivity index (χ2n) is 4.82. The van der Waals surface area contributed by atoms with Gasteiger partial charge in [0.2, 0.25) is 0 Å². The Morgan fingerprint density at radius 3 is 2.09 bits per heavy atom. The van der Waals surface area contributed by atoms with E-state index in [1.165, 1.54) is 7.05 Å². The number of aromatic nitrogens is 3. The van der Waals surface area contributed by atoms with Crippen molar-refractivity contribution in [2.45, 2.75) is 0 Å². The third-order valence-corrected chi connectivity index (χ3v) is 3.27. The Hall–Kier alpha value is -3.35. The normalized spacial score (nSPS) is 10.5. The maximum Gasteiger partial charge on any atom is 0.340 e. The average Bonchev–Trinajstić information content (AvgIpc) is 2.55. The third-order valence-electron chi connectivity index (χ3n) is 3.27. The number of hydrogen-bond acceptors (Lipinski definition) is 4. The van der Waals surface area contributed by atoms with E-state index in [0.717, 1.165) is 9.13 Å². The highest BCUT2D eigenvalue weighted by molar-refractivity contribution is 5.39. The van der Waals surface area contributed by atoms with E-state index in [0.29, 0.717) is 17.2 Å². The second kappa shape index (κ2) is 5.80. The second-order valence-corrected chi connectivity index (χ2v) is 4.82. The number of nitrogens with zero attached hydrogens (tertiary/aromatic N) is 2. The Kier molecular flexibility index (Phi) is 3.68. The molecule has 3 rings (SSSR count). The van der Waals surface area contributed by atoms with Gasteiger partial charge in [-0.05, 0) is 36.4 Å². The van der Waals surface area contributed by atoms with Crippen molar-refractivity contribution in [1.82, 2.24) is 14.1 Å². The Bertz CT molecular complexity index is 998. The molecule has 2 aromatic carbocycles. The molecule has 23 heavy (non-hydrogen) atoms. The highest BCUT2D eigenvalue weighted by Gasteiger charge is 2.09. The molecule has 0 spiro atoms. The summed E-state index contributed by atoms with van der Waals surface area (Å²) in [6, 6.07) is 15.6. The van der Waals surface area contributed by atoms with Gasteiger partial charge in [-0.2, -0.15) is 0 Å². The highest BCUT2D eigenvalue weighted by Crippen LogP contribution is 2.21. The van der Waals surface area contributed by atoms with E-state index < -0.39 is 17.1 Å². The number of para-hydroxylation sites is 1. The molecule has 3 aromatic rings. The van der Waals surface area contributed by atoms with Crippen molar-refractivity contribution in [3.8, 4) is 17.2 Å². The van der Waals surface area contributed by atoms with Crippen LogP contribution in [0.4, 0.5) is 0 Å². The summed E-state index contributed by atoms with van der Waals surface area (Å²) in [6.07, 6.45) is 0. The molecule has 0 amide bonds. The van der Waals surface area contributed by atoms with Gasteiger partial charge in [-0.15, -0.1) is 0 Å². The van der Waals surface area contributed by atoms with Crippen LogP contribution in [0.15, 0.2) is 69.0 Å². The van der Waals surface area contributed by atoms with Crippen LogP contribution in [0, 0.1) is 0 Å². The summed E-state index contributed by atoms with van der Waals surface area (Å²) in [4.78, 5) is 37.4. The van der Waals surface area contributed by atoms with Crippen molar-refractivity contribution in [3.05, 3.63) is 86.1 Å². The van der Waals surface area contributed by atoms with Gasteiger partial charge in [0.1, 0.15) is 11.5 Å². The lowest BCUT2D eigenvalue weighted by Crippen LogP contribution is -2.47. The van der Waals surface area contributed by atoms with E-state index in [1.54, 1.807) is 24.3 Å². The van der Waals surface area contributed by atoms with Gasteiger partial charge in [0.25, 0.3) is 0 Å². The van der Waals surface area contributed by atoms with Crippen LogP contribution < -0.4 is 21.8 Å². The first kappa shape index (κ1) is 14.6. The zero-order valence-corrected chi connectivity index (χ0v) is 12.2. The van der Waals surface area contributed by atoms with Gasteiger partial charge in [0, 0.05) is 7.05 Å². The molecule has 0 aliphatic heterocycles. The topological polar surface area (TPSA) is 86.1 Å². The fourth-order valence-electron chi connectivity index (χ4n) is 2.07. The standard InChI is InChI=1S/C16H13N3O4/c1-18-14(20)17-15(21)19(16(18)22)11-7-9-13(10-8-11)23-12-5-3-2-4-6-12/h2-10H,1H3,(H,17,20,21). The molecule has 0 saturated carbocycles. The average molecular weight is 311 g/mol. The minimum absolute atomic E-state index is 0.340. The Morgan fingerprint density at radius 1 is 0.826 bits per heavy atom. The van der Waals surface area contributed by atoms with E-state index in [-0.39, 0.29) is 0 Å². The molecule has 0 atom stereocenters. The van der Waals surface area contributed by atoms with Crippen molar-refractivity contribution < 1.29 is 4.74 Å². The first-order valence-corrected chi connectivity index (χ1v) is 6.82. The van der Waals surface area contributed by atoms with Crippen molar-refractivity contribution in [1.29, 1.82) is 0 Å². The van der Waals surface area contributed by atoms with E-state index in [2.05, 4.69) is 4.98 Å². The molecule has 116 valence electrons. The maximum absolute atomic E-state index is 12.1. The molecule has 7 nitrogen and oxygen atoms in total. The van der Waals surface area contributed by atoms with Crippen LogP contribution >= 0.6 is 0 Å². The van der Waals surface area contributed by atoms with Crippen LogP contribution in [0.2, 0.25) is 0 Å². The van der Waals surface area contributed by atoms with Gasteiger partial charge in [-0.25, -0.2) is 23.5 Å². The molecule has 0 saturated heterocycles. The number of ether oxygens (including phenoxy) is 1. The lowest BCUT2D eigenvalue weighted by molar-refractivity contribution is 0.482. The van der Waals surface area contributed by atoms with Crippen LogP contribution in [-0.2, 0) is 7.05 Å². The van der Waals surface area contributed by atoms with E-state index in [9.17, 15) is 14.4 Å². The molecule has 0 aliphatic carbocycles. The summed E-state index contributed by atoms with van der Waals surface area (Å²) in [5, 5.41) is 0. The van der Waals surface area contributed by atoms with Crippen LogP contribution in [0.1, 0.15) is 0 Å². The minimum atomic E-state index is -0.783. The first-order valence-electron chi connectivity index (χ1n) is 6.82. The molecule has 0 unspecified atom stereocenters. The van der Waals surface area contributed by atoms with Gasteiger partial charge in [0.15, 0.2) is 0 Å². The summed E-state index contributed by atoms with van der Waals surface area (Å²) in [5.74, 6) is 1.24. The van der Waals surface area contributed by atoms with Gasteiger partial charge in [-0.1, -0.05) is 18.2 Å². The SMILES string of the molecule is Cn1c(=O)[nH]c(=O)n(-c2ccc(Oc3ccccc3)cc2)c1=O. The molecule has 1 aromatic heterocycles. The van der Waals surface area contributed by atoms with Crippen molar-refractivity contribution in [2.75, 3.05) is 0 Å². The van der Waals surface area contributed by atoms with E-state index in [4.69, 9.17) is 4.74 Å². The third kappa shape index (κ3) is 2.84. The fourth-order valence-corrected chi connectivity index (χ4v) is 2.07. The summed E-state index contributed by atoms with van der Waals surface area (Å²) < 4.78 is 7.36. The fraction of sp³-hybridized carbons (Fsp3) is 0.0625.